The van der Waals surface area contributed by atoms with E-state index in [-0.39, 0.29) is 11.8 Å². The van der Waals surface area contributed by atoms with Gasteiger partial charge in [0.05, 0.1) is 12.8 Å². The first-order valence-electron chi connectivity index (χ1n) is 7.88. The molecule has 0 atom stereocenters. The highest BCUT2D eigenvalue weighted by atomic mass is 32.1. The summed E-state index contributed by atoms with van der Waals surface area (Å²) in [5.41, 5.74) is 1.41. The Morgan fingerprint density at radius 2 is 2.12 bits per heavy atom. The van der Waals surface area contributed by atoms with Crippen LogP contribution >= 0.6 is 11.3 Å². The Kier molecular flexibility index (Phi) is 4.80. The lowest BCUT2D eigenvalue weighted by atomic mass is 10.2. The van der Waals surface area contributed by atoms with Gasteiger partial charge in [-0.2, -0.15) is 0 Å². The second-order valence-corrected chi connectivity index (χ2v) is 6.43. The summed E-state index contributed by atoms with van der Waals surface area (Å²) in [5, 5.41) is 3.49. The van der Waals surface area contributed by atoms with Crippen molar-refractivity contribution in [3.8, 4) is 5.75 Å². The number of carbonyl (C=O) groups excluding carboxylic acids is 2. The summed E-state index contributed by atoms with van der Waals surface area (Å²) < 4.78 is 5.11. The van der Waals surface area contributed by atoms with Crippen LogP contribution in [0.2, 0.25) is 0 Å². The number of aromatic nitrogens is 1. The predicted octanol–water partition coefficient (Wildman–Crippen LogP) is 3.09. The number of benzene rings is 1. The summed E-state index contributed by atoms with van der Waals surface area (Å²) in [4.78, 5) is 31.2. The van der Waals surface area contributed by atoms with Crippen molar-refractivity contribution in [1.82, 2.24) is 4.98 Å². The normalized spacial score (nSPS) is 14.1. The third kappa shape index (κ3) is 3.26. The highest BCUT2D eigenvalue weighted by Gasteiger charge is 2.27. The molecule has 1 fully saturated rings. The van der Waals surface area contributed by atoms with Gasteiger partial charge in [-0.25, -0.2) is 4.98 Å². The van der Waals surface area contributed by atoms with Crippen molar-refractivity contribution in [1.29, 1.82) is 0 Å². The van der Waals surface area contributed by atoms with Gasteiger partial charge in [0.15, 0.2) is 5.13 Å². The van der Waals surface area contributed by atoms with Crippen LogP contribution in [0.1, 0.15) is 35.1 Å². The summed E-state index contributed by atoms with van der Waals surface area (Å²) in [7, 11) is 1.60. The van der Waals surface area contributed by atoms with Crippen molar-refractivity contribution in [3.05, 3.63) is 34.8 Å². The molecule has 6 nitrogen and oxygen atoms in total. The number of rotatable bonds is 5. The van der Waals surface area contributed by atoms with Crippen LogP contribution < -0.4 is 15.0 Å². The minimum atomic E-state index is -0.201. The van der Waals surface area contributed by atoms with Crippen LogP contribution in [0.3, 0.4) is 0 Å². The fourth-order valence-corrected chi connectivity index (χ4v) is 3.68. The van der Waals surface area contributed by atoms with E-state index in [1.165, 1.54) is 11.3 Å². The van der Waals surface area contributed by atoms with E-state index < -0.39 is 0 Å². The largest absolute Gasteiger partial charge is 0.497 e. The summed E-state index contributed by atoms with van der Waals surface area (Å²) in [6.07, 6.45) is 2.03. The zero-order valence-electron chi connectivity index (χ0n) is 13.7. The Morgan fingerprint density at radius 3 is 2.71 bits per heavy atom. The van der Waals surface area contributed by atoms with Gasteiger partial charge in [0.25, 0.3) is 5.91 Å². The van der Waals surface area contributed by atoms with E-state index in [2.05, 4.69) is 10.3 Å². The zero-order valence-corrected chi connectivity index (χ0v) is 14.5. The monoisotopic (exact) mass is 345 g/mol. The SMILES string of the molecule is CCc1nc(N2CCCC2=O)sc1C(=O)Nc1ccc(OC)cc1. The average Bonchev–Trinajstić information content (AvgIpc) is 3.21. The van der Waals surface area contributed by atoms with Gasteiger partial charge in [0, 0.05) is 18.7 Å². The van der Waals surface area contributed by atoms with Gasteiger partial charge in [-0.05, 0) is 37.1 Å². The van der Waals surface area contributed by atoms with Crippen molar-refractivity contribution >= 4 is 34.0 Å². The number of amides is 2. The Labute approximate surface area is 144 Å². The minimum absolute atomic E-state index is 0.0773. The number of methoxy groups -OCH3 is 1. The quantitative estimate of drug-likeness (QED) is 0.904. The highest BCUT2D eigenvalue weighted by Crippen LogP contribution is 2.30. The molecule has 2 amide bonds. The smallest absolute Gasteiger partial charge is 0.267 e. The van der Waals surface area contributed by atoms with Crippen LogP contribution in [-0.4, -0.2) is 30.5 Å². The lowest BCUT2D eigenvalue weighted by molar-refractivity contribution is -0.117. The van der Waals surface area contributed by atoms with E-state index in [9.17, 15) is 9.59 Å². The number of aryl methyl sites for hydroxylation is 1. The molecular formula is C17H19N3O3S. The zero-order chi connectivity index (χ0) is 17.1. The molecule has 1 saturated heterocycles. The molecule has 1 aromatic heterocycles. The number of nitrogens with zero attached hydrogens (tertiary/aromatic N) is 2. The maximum absolute atomic E-state index is 12.6. The van der Waals surface area contributed by atoms with Crippen LogP contribution in [0.25, 0.3) is 0 Å². The Balaban J connectivity index is 1.80. The second kappa shape index (κ2) is 7.00. The summed E-state index contributed by atoms with van der Waals surface area (Å²) >= 11 is 1.28. The van der Waals surface area contributed by atoms with E-state index >= 15 is 0 Å². The molecule has 7 heteroatoms. The van der Waals surface area contributed by atoms with Crippen LogP contribution in [0.15, 0.2) is 24.3 Å². The van der Waals surface area contributed by atoms with Crippen molar-refractivity contribution in [2.75, 3.05) is 23.9 Å². The van der Waals surface area contributed by atoms with Crippen molar-refractivity contribution in [2.24, 2.45) is 0 Å². The molecule has 24 heavy (non-hydrogen) atoms. The maximum atomic E-state index is 12.6. The maximum Gasteiger partial charge on any atom is 0.267 e. The number of anilines is 2. The van der Waals surface area contributed by atoms with E-state index in [4.69, 9.17) is 4.74 Å². The summed E-state index contributed by atoms with van der Waals surface area (Å²) in [6.45, 7) is 2.63. The number of thiazole rings is 1. The van der Waals surface area contributed by atoms with Crippen LogP contribution in [0.5, 0.6) is 5.75 Å². The van der Waals surface area contributed by atoms with Gasteiger partial charge in [-0.15, -0.1) is 0 Å². The molecular weight excluding hydrogens is 326 g/mol. The number of nitrogens with one attached hydrogen (secondary N) is 1. The molecule has 0 radical (unpaired) electrons. The van der Waals surface area contributed by atoms with Gasteiger partial charge in [-0.1, -0.05) is 18.3 Å². The minimum Gasteiger partial charge on any atom is -0.497 e. The molecule has 2 aromatic rings. The van der Waals surface area contributed by atoms with Gasteiger partial charge in [0.2, 0.25) is 5.91 Å². The number of hydrogen-bond donors (Lipinski definition) is 1. The third-order valence-electron chi connectivity index (χ3n) is 3.88. The lowest BCUT2D eigenvalue weighted by Crippen LogP contribution is -2.23. The summed E-state index contributed by atoms with van der Waals surface area (Å²) in [6, 6.07) is 7.15. The molecule has 1 aliphatic heterocycles. The van der Waals surface area contributed by atoms with Crippen LogP contribution in [-0.2, 0) is 11.2 Å². The molecule has 3 rings (SSSR count). The first-order valence-corrected chi connectivity index (χ1v) is 8.69. The van der Waals surface area contributed by atoms with Gasteiger partial charge in [0.1, 0.15) is 10.6 Å². The number of carbonyl (C=O) groups is 2. The predicted molar refractivity (Wildman–Crippen MR) is 94.0 cm³/mol. The average molecular weight is 345 g/mol. The first kappa shape index (κ1) is 16.4. The van der Waals surface area contributed by atoms with Crippen LogP contribution in [0, 0.1) is 0 Å². The number of ether oxygens (including phenoxy) is 1. The molecule has 126 valence electrons. The standard InChI is InChI=1S/C17H19N3O3S/c1-3-13-15(24-17(19-13)20-10-4-5-14(20)21)16(22)18-11-6-8-12(23-2)9-7-11/h6-9H,3-5,10H2,1-2H3,(H,18,22). The third-order valence-corrected chi connectivity index (χ3v) is 5.00. The van der Waals surface area contributed by atoms with Gasteiger partial charge >= 0.3 is 0 Å². The molecule has 0 saturated carbocycles. The van der Waals surface area contributed by atoms with E-state index in [1.54, 1.807) is 36.3 Å². The molecule has 2 heterocycles. The molecule has 0 unspecified atom stereocenters. The molecule has 1 N–H and O–H groups in total. The van der Waals surface area contributed by atoms with Gasteiger partial charge in [-0.3, -0.25) is 14.5 Å². The highest BCUT2D eigenvalue weighted by molar-refractivity contribution is 7.18. The fraction of sp³-hybridized carbons (Fsp3) is 0.353. The molecule has 0 aliphatic carbocycles. The van der Waals surface area contributed by atoms with Crippen molar-refractivity contribution in [3.63, 3.8) is 0 Å². The Hall–Kier alpha value is -2.41. The van der Waals surface area contributed by atoms with E-state index in [0.29, 0.717) is 35.1 Å². The van der Waals surface area contributed by atoms with Crippen LogP contribution in [0.4, 0.5) is 10.8 Å². The Morgan fingerprint density at radius 1 is 1.38 bits per heavy atom. The second-order valence-electron chi connectivity index (χ2n) is 5.46. The van der Waals surface area contributed by atoms with Crippen molar-refractivity contribution < 1.29 is 14.3 Å². The first-order chi connectivity index (χ1) is 11.6. The lowest BCUT2D eigenvalue weighted by Gasteiger charge is -2.10. The Bertz CT molecular complexity index is 755. The van der Waals surface area contributed by atoms with E-state index in [0.717, 1.165) is 17.9 Å². The van der Waals surface area contributed by atoms with E-state index in [1.807, 2.05) is 6.92 Å². The van der Waals surface area contributed by atoms with Crippen molar-refractivity contribution in [2.45, 2.75) is 26.2 Å². The molecule has 0 bridgehead atoms. The summed E-state index contributed by atoms with van der Waals surface area (Å²) in [5.74, 6) is 0.607. The topological polar surface area (TPSA) is 71.5 Å². The fourth-order valence-electron chi connectivity index (χ4n) is 2.58. The molecule has 1 aromatic carbocycles. The van der Waals surface area contributed by atoms with Gasteiger partial charge < -0.3 is 10.1 Å². The number of hydrogen-bond acceptors (Lipinski definition) is 5. The molecule has 0 spiro atoms. The molecule has 1 aliphatic rings.